The molecule has 0 atom stereocenters. The Morgan fingerprint density at radius 2 is 1.71 bits per heavy atom. The fourth-order valence-electron chi connectivity index (χ4n) is 1.48. The Morgan fingerprint density at radius 1 is 1.14 bits per heavy atom. The Balaban J connectivity index is 3.22. The van der Waals surface area contributed by atoms with Crippen LogP contribution in [0.15, 0.2) is 18.2 Å². The molecule has 0 nitrogen and oxygen atoms in total. The SMILES string of the molecule is CC(C)c1ccc(F)c(C(C)(C)C)c1. The van der Waals surface area contributed by atoms with Crippen molar-refractivity contribution in [3.8, 4) is 0 Å². The molecule has 14 heavy (non-hydrogen) atoms. The fraction of sp³-hybridized carbons (Fsp3) is 0.538. The van der Waals surface area contributed by atoms with Crippen molar-refractivity contribution < 1.29 is 4.39 Å². The average molecular weight is 194 g/mol. The van der Waals surface area contributed by atoms with E-state index < -0.39 is 0 Å². The molecule has 0 unspecified atom stereocenters. The molecule has 0 spiro atoms. The van der Waals surface area contributed by atoms with Gasteiger partial charge in [-0.3, -0.25) is 0 Å². The van der Waals surface area contributed by atoms with E-state index in [1.54, 1.807) is 6.07 Å². The Bertz CT molecular complexity index is 318. The van der Waals surface area contributed by atoms with Gasteiger partial charge in [0, 0.05) is 0 Å². The van der Waals surface area contributed by atoms with Gasteiger partial charge >= 0.3 is 0 Å². The molecule has 0 saturated carbocycles. The lowest BCUT2D eigenvalue weighted by Crippen LogP contribution is -2.14. The summed E-state index contributed by atoms with van der Waals surface area (Å²) in [6.45, 7) is 10.4. The van der Waals surface area contributed by atoms with Crippen molar-refractivity contribution in [2.75, 3.05) is 0 Å². The maximum atomic E-state index is 13.5. The summed E-state index contributed by atoms with van der Waals surface area (Å²) in [5.74, 6) is 0.360. The first-order chi connectivity index (χ1) is 6.32. The minimum Gasteiger partial charge on any atom is -0.207 e. The highest BCUT2D eigenvalue weighted by atomic mass is 19.1. The van der Waals surface area contributed by atoms with E-state index in [0.717, 1.165) is 5.56 Å². The third-order valence-corrected chi connectivity index (χ3v) is 2.47. The van der Waals surface area contributed by atoms with Crippen LogP contribution in [0.2, 0.25) is 0 Å². The summed E-state index contributed by atoms with van der Waals surface area (Å²) < 4.78 is 13.5. The van der Waals surface area contributed by atoms with Crippen LogP contribution in [0, 0.1) is 5.82 Å². The van der Waals surface area contributed by atoms with Crippen molar-refractivity contribution in [1.29, 1.82) is 0 Å². The van der Waals surface area contributed by atoms with Crippen LogP contribution in [0.4, 0.5) is 4.39 Å². The van der Waals surface area contributed by atoms with E-state index in [1.807, 2.05) is 32.9 Å². The summed E-state index contributed by atoms with van der Waals surface area (Å²) in [6.07, 6.45) is 0. The normalized spacial score (nSPS) is 12.2. The number of benzene rings is 1. The monoisotopic (exact) mass is 194 g/mol. The lowest BCUT2D eigenvalue weighted by Gasteiger charge is -2.21. The number of rotatable bonds is 1. The van der Waals surface area contributed by atoms with Gasteiger partial charge in [0.15, 0.2) is 0 Å². The van der Waals surface area contributed by atoms with E-state index in [4.69, 9.17) is 0 Å². The standard InChI is InChI=1S/C13H19F/c1-9(2)10-6-7-12(14)11(8-10)13(3,4)5/h6-9H,1-5H3. The molecule has 1 heteroatoms. The second kappa shape index (κ2) is 3.72. The minimum atomic E-state index is -0.116. The molecule has 0 aliphatic heterocycles. The number of hydrogen-bond acceptors (Lipinski definition) is 0. The number of halogens is 1. The highest BCUT2D eigenvalue weighted by molar-refractivity contribution is 5.31. The van der Waals surface area contributed by atoms with Gasteiger partial charge in [-0.05, 0) is 28.5 Å². The van der Waals surface area contributed by atoms with Crippen molar-refractivity contribution in [1.82, 2.24) is 0 Å². The van der Waals surface area contributed by atoms with Gasteiger partial charge in [0.05, 0.1) is 0 Å². The molecule has 0 radical (unpaired) electrons. The molecule has 78 valence electrons. The van der Waals surface area contributed by atoms with Crippen molar-refractivity contribution in [2.45, 2.75) is 46.0 Å². The molecule has 1 rings (SSSR count). The zero-order chi connectivity index (χ0) is 10.9. The molecule has 1 aromatic rings. The van der Waals surface area contributed by atoms with Crippen LogP contribution in [0.1, 0.15) is 51.7 Å². The summed E-state index contributed by atoms with van der Waals surface area (Å²) in [5.41, 5.74) is 1.90. The zero-order valence-electron chi connectivity index (χ0n) is 9.69. The highest BCUT2D eigenvalue weighted by Crippen LogP contribution is 2.28. The third kappa shape index (κ3) is 2.34. The van der Waals surface area contributed by atoms with Crippen LogP contribution in [-0.4, -0.2) is 0 Å². The minimum absolute atomic E-state index is 0.0955. The first-order valence-electron chi connectivity index (χ1n) is 5.12. The highest BCUT2D eigenvalue weighted by Gasteiger charge is 2.19. The van der Waals surface area contributed by atoms with Gasteiger partial charge in [0.2, 0.25) is 0 Å². The van der Waals surface area contributed by atoms with Gasteiger partial charge in [-0.1, -0.05) is 46.8 Å². The Morgan fingerprint density at radius 3 is 2.14 bits per heavy atom. The first kappa shape index (κ1) is 11.2. The predicted octanol–water partition coefficient (Wildman–Crippen LogP) is 4.25. The summed E-state index contributed by atoms with van der Waals surface area (Å²) in [5, 5.41) is 0. The lowest BCUT2D eigenvalue weighted by molar-refractivity contribution is 0.521. The van der Waals surface area contributed by atoms with Gasteiger partial charge < -0.3 is 0 Å². The van der Waals surface area contributed by atoms with Crippen LogP contribution in [0.3, 0.4) is 0 Å². The smallest absolute Gasteiger partial charge is 0.126 e. The maximum Gasteiger partial charge on any atom is 0.126 e. The Labute approximate surface area is 86.2 Å². The van der Waals surface area contributed by atoms with Crippen LogP contribution < -0.4 is 0 Å². The quantitative estimate of drug-likeness (QED) is 0.627. The van der Waals surface area contributed by atoms with E-state index >= 15 is 0 Å². The second-order valence-corrected chi connectivity index (χ2v) is 5.14. The summed E-state index contributed by atoms with van der Waals surface area (Å²) in [7, 11) is 0. The molecule has 0 bridgehead atoms. The van der Waals surface area contributed by atoms with Crippen LogP contribution in [0.25, 0.3) is 0 Å². The topological polar surface area (TPSA) is 0 Å². The lowest BCUT2D eigenvalue weighted by atomic mass is 9.84. The number of hydrogen-bond donors (Lipinski definition) is 0. The molecular weight excluding hydrogens is 175 g/mol. The summed E-state index contributed by atoms with van der Waals surface area (Å²) >= 11 is 0. The zero-order valence-corrected chi connectivity index (χ0v) is 9.69. The fourth-order valence-corrected chi connectivity index (χ4v) is 1.48. The van der Waals surface area contributed by atoms with Gasteiger partial charge in [-0.2, -0.15) is 0 Å². The molecule has 0 aromatic heterocycles. The predicted molar refractivity (Wildman–Crippen MR) is 59.2 cm³/mol. The van der Waals surface area contributed by atoms with Gasteiger partial charge in [0.1, 0.15) is 5.82 Å². The van der Waals surface area contributed by atoms with E-state index in [9.17, 15) is 4.39 Å². The van der Waals surface area contributed by atoms with Crippen molar-refractivity contribution >= 4 is 0 Å². The molecule has 0 heterocycles. The first-order valence-corrected chi connectivity index (χ1v) is 5.12. The van der Waals surface area contributed by atoms with Gasteiger partial charge in [-0.15, -0.1) is 0 Å². The van der Waals surface area contributed by atoms with Crippen molar-refractivity contribution in [3.63, 3.8) is 0 Å². The van der Waals surface area contributed by atoms with Crippen molar-refractivity contribution in [3.05, 3.63) is 35.1 Å². The molecule has 0 saturated heterocycles. The molecule has 0 amide bonds. The van der Waals surface area contributed by atoms with Crippen LogP contribution >= 0.6 is 0 Å². The van der Waals surface area contributed by atoms with Gasteiger partial charge in [-0.25, -0.2) is 4.39 Å². The average Bonchev–Trinajstić information content (AvgIpc) is 2.02. The molecule has 1 aromatic carbocycles. The second-order valence-electron chi connectivity index (χ2n) is 5.14. The van der Waals surface area contributed by atoms with E-state index in [-0.39, 0.29) is 11.2 Å². The van der Waals surface area contributed by atoms with Gasteiger partial charge in [0.25, 0.3) is 0 Å². The maximum absolute atomic E-state index is 13.5. The van der Waals surface area contributed by atoms with Crippen molar-refractivity contribution in [2.24, 2.45) is 0 Å². The summed E-state index contributed by atoms with van der Waals surface area (Å²) in [4.78, 5) is 0. The van der Waals surface area contributed by atoms with E-state index in [2.05, 4.69) is 13.8 Å². The van der Waals surface area contributed by atoms with E-state index in [1.165, 1.54) is 5.56 Å². The largest absolute Gasteiger partial charge is 0.207 e. The Hall–Kier alpha value is -0.850. The molecular formula is C13H19F. The molecule has 0 aliphatic carbocycles. The Kier molecular flexibility index (Phi) is 2.98. The molecule has 0 fully saturated rings. The summed E-state index contributed by atoms with van der Waals surface area (Å²) in [6, 6.07) is 5.44. The van der Waals surface area contributed by atoms with Crippen LogP contribution in [-0.2, 0) is 5.41 Å². The van der Waals surface area contributed by atoms with E-state index in [0.29, 0.717) is 5.92 Å². The molecule has 0 aliphatic rings. The molecule has 0 N–H and O–H groups in total. The van der Waals surface area contributed by atoms with Crippen LogP contribution in [0.5, 0.6) is 0 Å². The third-order valence-electron chi connectivity index (χ3n) is 2.47.